The van der Waals surface area contributed by atoms with Gasteiger partial charge in [-0.1, -0.05) is 35.4 Å². The quantitative estimate of drug-likeness (QED) is 0.593. The first-order chi connectivity index (χ1) is 13.8. The number of benzene rings is 3. The van der Waals surface area contributed by atoms with E-state index in [1.807, 2.05) is 6.92 Å². The minimum absolute atomic E-state index is 0.125. The summed E-state index contributed by atoms with van der Waals surface area (Å²) in [5.41, 5.74) is 1.84. The Labute approximate surface area is 174 Å². The molecule has 0 saturated carbocycles. The monoisotopic (exact) mass is 430 g/mol. The smallest absolute Gasteiger partial charge is 0.261 e. The highest BCUT2D eigenvalue weighted by Crippen LogP contribution is 2.25. The molecule has 0 aliphatic heterocycles. The van der Waals surface area contributed by atoms with Crippen LogP contribution in [0.5, 0.6) is 5.75 Å². The Morgan fingerprint density at radius 2 is 1.69 bits per heavy atom. The maximum absolute atomic E-state index is 12.6. The normalized spacial score (nSPS) is 11.0. The molecule has 0 unspecified atom stereocenters. The fraction of sp³-hybridized carbons (Fsp3) is 0.0952. The molecule has 29 heavy (non-hydrogen) atoms. The van der Waals surface area contributed by atoms with Crippen LogP contribution in [0.1, 0.15) is 15.9 Å². The molecule has 150 valence electrons. The van der Waals surface area contributed by atoms with Gasteiger partial charge in [0.1, 0.15) is 5.75 Å². The number of amides is 1. The Kier molecular flexibility index (Phi) is 6.10. The second-order valence-corrected chi connectivity index (χ2v) is 8.39. The van der Waals surface area contributed by atoms with E-state index in [2.05, 4.69) is 10.0 Å². The van der Waals surface area contributed by atoms with Gasteiger partial charge in [-0.05, 0) is 49.4 Å². The van der Waals surface area contributed by atoms with Crippen LogP contribution in [0.25, 0.3) is 0 Å². The summed E-state index contributed by atoms with van der Waals surface area (Å²) in [5, 5.41) is 2.92. The van der Waals surface area contributed by atoms with E-state index >= 15 is 0 Å². The molecule has 0 radical (unpaired) electrons. The van der Waals surface area contributed by atoms with Crippen molar-refractivity contribution in [1.82, 2.24) is 0 Å². The lowest BCUT2D eigenvalue weighted by molar-refractivity contribution is 0.102. The zero-order chi connectivity index (χ0) is 21.0. The van der Waals surface area contributed by atoms with Crippen LogP contribution in [-0.2, 0) is 10.0 Å². The molecule has 0 aromatic heterocycles. The van der Waals surface area contributed by atoms with Crippen molar-refractivity contribution in [1.29, 1.82) is 0 Å². The number of aryl methyl sites for hydroxylation is 1. The molecule has 0 fully saturated rings. The molecule has 0 bridgehead atoms. The maximum Gasteiger partial charge on any atom is 0.261 e. The predicted molar refractivity (Wildman–Crippen MR) is 114 cm³/mol. The van der Waals surface area contributed by atoms with Crippen LogP contribution >= 0.6 is 11.6 Å². The third kappa shape index (κ3) is 5.07. The lowest BCUT2D eigenvalue weighted by atomic mass is 10.2. The van der Waals surface area contributed by atoms with Gasteiger partial charge in [0.05, 0.1) is 22.6 Å². The zero-order valence-corrected chi connectivity index (χ0v) is 17.3. The van der Waals surface area contributed by atoms with Crippen LogP contribution in [0.2, 0.25) is 5.02 Å². The fourth-order valence-corrected chi connectivity index (χ4v) is 3.85. The Hall–Kier alpha value is -3.03. The summed E-state index contributed by atoms with van der Waals surface area (Å²) >= 11 is 6.16. The molecule has 2 N–H and O–H groups in total. The van der Waals surface area contributed by atoms with Crippen LogP contribution in [-0.4, -0.2) is 21.4 Å². The average molecular weight is 431 g/mol. The van der Waals surface area contributed by atoms with E-state index < -0.39 is 15.9 Å². The number of hydrogen-bond acceptors (Lipinski definition) is 4. The highest BCUT2D eigenvalue weighted by atomic mass is 35.5. The number of methoxy groups -OCH3 is 1. The number of carbonyl (C=O) groups excluding carboxylic acids is 1. The fourth-order valence-electron chi connectivity index (χ4n) is 2.59. The standard InChI is InChI=1S/C21H19ClN2O4S/c1-14-6-9-18(10-7-14)29(26,27)24-16-8-11-20(22)19(13-16)21(25)23-15-4-3-5-17(12-15)28-2/h3-13,24H,1-2H3,(H,23,25). The molecular weight excluding hydrogens is 412 g/mol. The largest absolute Gasteiger partial charge is 0.497 e. The Bertz CT molecular complexity index is 1150. The van der Waals surface area contributed by atoms with Crippen LogP contribution < -0.4 is 14.8 Å². The zero-order valence-electron chi connectivity index (χ0n) is 15.8. The van der Waals surface area contributed by atoms with Gasteiger partial charge in [0.15, 0.2) is 0 Å². The summed E-state index contributed by atoms with van der Waals surface area (Å²) in [6.07, 6.45) is 0. The van der Waals surface area contributed by atoms with Crippen molar-refractivity contribution in [2.45, 2.75) is 11.8 Å². The molecule has 0 heterocycles. The SMILES string of the molecule is COc1cccc(NC(=O)c2cc(NS(=O)(=O)c3ccc(C)cc3)ccc2Cl)c1. The molecule has 0 aliphatic rings. The van der Waals surface area contributed by atoms with E-state index in [1.54, 1.807) is 36.4 Å². The predicted octanol–water partition coefficient (Wildman–Crippen LogP) is 4.71. The third-order valence-corrected chi connectivity index (χ3v) is 5.85. The first-order valence-electron chi connectivity index (χ1n) is 8.63. The molecule has 0 aliphatic carbocycles. The lowest BCUT2D eigenvalue weighted by Gasteiger charge is -2.12. The minimum atomic E-state index is -3.79. The van der Waals surface area contributed by atoms with Gasteiger partial charge in [-0.2, -0.15) is 0 Å². The van der Waals surface area contributed by atoms with Gasteiger partial charge in [-0.15, -0.1) is 0 Å². The molecular formula is C21H19ClN2O4S. The van der Waals surface area contributed by atoms with Crippen molar-refractivity contribution in [2.24, 2.45) is 0 Å². The molecule has 3 aromatic rings. The lowest BCUT2D eigenvalue weighted by Crippen LogP contribution is -2.15. The Balaban J connectivity index is 1.83. The summed E-state index contributed by atoms with van der Waals surface area (Å²) in [7, 11) is -2.27. The molecule has 1 amide bonds. The number of sulfonamides is 1. The van der Waals surface area contributed by atoms with E-state index in [4.69, 9.17) is 16.3 Å². The van der Waals surface area contributed by atoms with Gasteiger partial charge in [0.25, 0.3) is 15.9 Å². The van der Waals surface area contributed by atoms with Crippen LogP contribution in [0.15, 0.2) is 71.6 Å². The number of hydrogen-bond donors (Lipinski definition) is 2. The van der Waals surface area contributed by atoms with E-state index in [0.717, 1.165) is 5.56 Å². The number of nitrogens with one attached hydrogen (secondary N) is 2. The molecule has 3 aromatic carbocycles. The first kappa shape index (κ1) is 20.7. The summed E-state index contributed by atoms with van der Waals surface area (Å²) in [4.78, 5) is 12.8. The number of anilines is 2. The first-order valence-corrected chi connectivity index (χ1v) is 10.5. The van der Waals surface area contributed by atoms with Gasteiger partial charge in [0.2, 0.25) is 0 Å². The maximum atomic E-state index is 12.6. The number of rotatable bonds is 6. The van der Waals surface area contributed by atoms with E-state index in [1.165, 1.54) is 37.4 Å². The van der Waals surface area contributed by atoms with Crippen LogP contribution in [0.3, 0.4) is 0 Å². The molecule has 0 saturated heterocycles. The van der Waals surface area contributed by atoms with E-state index in [9.17, 15) is 13.2 Å². The Morgan fingerprint density at radius 3 is 2.38 bits per heavy atom. The van der Waals surface area contributed by atoms with Gasteiger partial charge >= 0.3 is 0 Å². The molecule has 0 spiro atoms. The summed E-state index contributed by atoms with van der Waals surface area (Å²) in [5.74, 6) is 0.119. The summed E-state index contributed by atoms with van der Waals surface area (Å²) in [6.45, 7) is 1.87. The molecule has 0 atom stereocenters. The minimum Gasteiger partial charge on any atom is -0.497 e. The van der Waals surface area contributed by atoms with Crippen molar-refractivity contribution in [3.8, 4) is 5.75 Å². The van der Waals surface area contributed by atoms with Crippen molar-refractivity contribution in [3.05, 3.63) is 82.9 Å². The number of ether oxygens (including phenoxy) is 1. The van der Waals surface area contributed by atoms with Gasteiger partial charge in [0, 0.05) is 17.4 Å². The summed E-state index contributed by atoms with van der Waals surface area (Å²) < 4.78 is 32.8. The second-order valence-electron chi connectivity index (χ2n) is 6.30. The number of halogens is 1. The van der Waals surface area contributed by atoms with E-state index in [0.29, 0.717) is 11.4 Å². The van der Waals surface area contributed by atoms with Crippen LogP contribution in [0.4, 0.5) is 11.4 Å². The highest BCUT2D eigenvalue weighted by Gasteiger charge is 2.17. The molecule has 8 heteroatoms. The van der Waals surface area contributed by atoms with Crippen molar-refractivity contribution >= 4 is 38.9 Å². The van der Waals surface area contributed by atoms with Gasteiger partial charge in [-0.3, -0.25) is 9.52 Å². The third-order valence-electron chi connectivity index (χ3n) is 4.12. The Morgan fingerprint density at radius 1 is 0.966 bits per heavy atom. The average Bonchev–Trinajstić information content (AvgIpc) is 2.69. The van der Waals surface area contributed by atoms with Crippen molar-refractivity contribution in [2.75, 3.05) is 17.1 Å². The molecule has 6 nitrogen and oxygen atoms in total. The van der Waals surface area contributed by atoms with Gasteiger partial charge < -0.3 is 10.1 Å². The topological polar surface area (TPSA) is 84.5 Å². The second kappa shape index (κ2) is 8.55. The van der Waals surface area contributed by atoms with Crippen LogP contribution in [0, 0.1) is 6.92 Å². The van der Waals surface area contributed by atoms with Gasteiger partial charge in [-0.25, -0.2) is 8.42 Å². The molecule has 3 rings (SSSR count). The van der Waals surface area contributed by atoms with E-state index in [-0.39, 0.29) is 21.2 Å². The summed E-state index contributed by atoms with van der Waals surface area (Å²) in [6, 6.07) is 17.7. The number of carbonyl (C=O) groups is 1. The highest BCUT2D eigenvalue weighted by molar-refractivity contribution is 7.92. The van der Waals surface area contributed by atoms with Crippen molar-refractivity contribution < 1.29 is 17.9 Å². The van der Waals surface area contributed by atoms with Crippen molar-refractivity contribution in [3.63, 3.8) is 0 Å².